The van der Waals surface area contributed by atoms with E-state index in [0.717, 1.165) is 38.3 Å². The standard InChI is InChI=1S/C13H21N5OS/c1-8-11(20-13(14)15-8)12(19)16-9-5-10-7-17(2)3-4-18(10)6-9/h9-10H,3-7H2,1-2H3,(H2,14,15)(H,16,19)/t9-,10-/m0/s1. The highest BCUT2D eigenvalue weighted by Gasteiger charge is 2.36. The van der Waals surface area contributed by atoms with Crippen molar-refractivity contribution in [3.63, 3.8) is 0 Å². The molecule has 1 aromatic heterocycles. The number of anilines is 1. The summed E-state index contributed by atoms with van der Waals surface area (Å²) in [4.78, 5) is 21.9. The predicted molar refractivity (Wildman–Crippen MR) is 80.0 cm³/mol. The molecule has 6 nitrogen and oxygen atoms in total. The second-order valence-corrected chi connectivity index (χ2v) is 6.81. The second kappa shape index (κ2) is 5.31. The summed E-state index contributed by atoms with van der Waals surface area (Å²) >= 11 is 1.26. The molecule has 1 amide bonds. The number of likely N-dealkylation sites (N-methyl/N-ethyl adjacent to an activating group) is 1. The van der Waals surface area contributed by atoms with Crippen molar-refractivity contribution in [2.24, 2.45) is 0 Å². The summed E-state index contributed by atoms with van der Waals surface area (Å²) in [6.45, 7) is 6.09. The van der Waals surface area contributed by atoms with Crippen molar-refractivity contribution in [1.82, 2.24) is 20.1 Å². The minimum Gasteiger partial charge on any atom is -0.375 e. The number of hydrogen-bond donors (Lipinski definition) is 2. The Balaban J connectivity index is 1.62. The lowest BCUT2D eigenvalue weighted by molar-refractivity contribution is 0.0940. The van der Waals surface area contributed by atoms with Gasteiger partial charge in [-0.2, -0.15) is 0 Å². The lowest BCUT2D eigenvalue weighted by atomic mass is 10.1. The van der Waals surface area contributed by atoms with Crippen molar-refractivity contribution in [2.75, 3.05) is 39.0 Å². The zero-order chi connectivity index (χ0) is 14.3. The van der Waals surface area contributed by atoms with Gasteiger partial charge in [0.2, 0.25) is 0 Å². The molecule has 0 radical (unpaired) electrons. The molecule has 0 unspecified atom stereocenters. The number of fused-ring (bicyclic) bond motifs is 1. The van der Waals surface area contributed by atoms with Crippen LogP contribution in [0.2, 0.25) is 0 Å². The van der Waals surface area contributed by atoms with Gasteiger partial charge in [0.05, 0.1) is 5.69 Å². The average molecular weight is 295 g/mol. The van der Waals surface area contributed by atoms with E-state index in [2.05, 4.69) is 27.1 Å². The average Bonchev–Trinajstić information content (AvgIpc) is 2.91. The molecule has 2 aliphatic heterocycles. The molecule has 0 bridgehead atoms. The lowest BCUT2D eigenvalue weighted by Gasteiger charge is -2.34. The van der Waals surface area contributed by atoms with Crippen LogP contribution in [-0.4, -0.2) is 66.0 Å². The van der Waals surface area contributed by atoms with Gasteiger partial charge in [-0.3, -0.25) is 9.69 Å². The Morgan fingerprint density at radius 1 is 1.45 bits per heavy atom. The third-order valence-corrected chi connectivity index (χ3v) is 5.16. The SMILES string of the molecule is Cc1nc(N)sc1C(=O)N[C@H]1C[C@H]2CN(C)CCN2C1. The largest absolute Gasteiger partial charge is 0.375 e. The number of piperazine rings is 1. The van der Waals surface area contributed by atoms with Crippen LogP contribution in [0.15, 0.2) is 0 Å². The molecule has 0 spiro atoms. The molecule has 2 aliphatic rings. The number of aromatic nitrogens is 1. The molecule has 0 aromatic carbocycles. The number of rotatable bonds is 2. The molecule has 3 rings (SSSR count). The van der Waals surface area contributed by atoms with Crippen LogP contribution in [-0.2, 0) is 0 Å². The molecule has 3 N–H and O–H groups in total. The van der Waals surface area contributed by atoms with E-state index in [1.807, 2.05) is 6.92 Å². The van der Waals surface area contributed by atoms with Gasteiger partial charge in [-0.25, -0.2) is 4.98 Å². The van der Waals surface area contributed by atoms with Gasteiger partial charge in [0.25, 0.3) is 5.91 Å². The van der Waals surface area contributed by atoms with Crippen LogP contribution < -0.4 is 11.1 Å². The molecule has 0 saturated carbocycles. The number of nitrogen functional groups attached to an aromatic ring is 1. The third kappa shape index (κ3) is 2.65. The quantitative estimate of drug-likeness (QED) is 0.812. The first kappa shape index (κ1) is 13.8. The topological polar surface area (TPSA) is 74.5 Å². The minimum absolute atomic E-state index is 0.0325. The van der Waals surface area contributed by atoms with Gasteiger partial charge in [-0.05, 0) is 20.4 Å². The summed E-state index contributed by atoms with van der Waals surface area (Å²) in [6, 6.07) is 0.813. The Bertz CT molecular complexity index is 517. The molecular formula is C13H21N5OS. The van der Waals surface area contributed by atoms with Crippen LogP contribution in [0.3, 0.4) is 0 Å². The van der Waals surface area contributed by atoms with Gasteiger partial charge in [-0.1, -0.05) is 11.3 Å². The van der Waals surface area contributed by atoms with E-state index < -0.39 is 0 Å². The maximum Gasteiger partial charge on any atom is 0.263 e. The molecule has 1 aromatic rings. The molecular weight excluding hydrogens is 274 g/mol. The summed E-state index contributed by atoms with van der Waals surface area (Å²) in [6.07, 6.45) is 1.03. The Labute approximate surface area is 123 Å². The van der Waals surface area contributed by atoms with Gasteiger partial charge in [0.1, 0.15) is 4.88 Å². The third-order valence-electron chi connectivity index (χ3n) is 4.17. The molecule has 20 heavy (non-hydrogen) atoms. The Hall–Kier alpha value is -1.18. The number of thiazole rings is 1. The van der Waals surface area contributed by atoms with Crippen molar-refractivity contribution in [3.8, 4) is 0 Å². The summed E-state index contributed by atoms with van der Waals surface area (Å²) < 4.78 is 0. The van der Waals surface area contributed by atoms with Gasteiger partial charge in [0.15, 0.2) is 5.13 Å². The van der Waals surface area contributed by atoms with Crippen molar-refractivity contribution >= 4 is 22.4 Å². The first-order valence-electron chi connectivity index (χ1n) is 6.99. The van der Waals surface area contributed by atoms with Gasteiger partial charge in [0, 0.05) is 38.3 Å². The smallest absolute Gasteiger partial charge is 0.263 e. The number of amides is 1. The summed E-state index contributed by atoms with van der Waals surface area (Å²) in [5, 5.41) is 3.59. The van der Waals surface area contributed by atoms with Gasteiger partial charge < -0.3 is 16.0 Å². The minimum atomic E-state index is -0.0325. The van der Waals surface area contributed by atoms with E-state index in [0.29, 0.717) is 16.1 Å². The number of carbonyl (C=O) groups excluding carboxylic acids is 1. The van der Waals surface area contributed by atoms with Crippen molar-refractivity contribution in [2.45, 2.75) is 25.4 Å². The monoisotopic (exact) mass is 295 g/mol. The number of nitrogens with two attached hydrogens (primary N) is 1. The Kier molecular flexibility index (Phi) is 3.66. The molecule has 7 heteroatoms. The van der Waals surface area contributed by atoms with E-state index in [-0.39, 0.29) is 11.9 Å². The Morgan fingerprint density at radius 2 is 2.25 bits per heavy atom. The van der Waals surface area contributed by atoms with Gasteiger partial charge >= 0.3 is 0 Å². The highest BCUT2D eigenvalue weighted by Crippen LogP contribution is 2.23. The van der Waals surface area contributed by atoms with E-state index in [9.17, 15) is 4.79 Å². The van der Waals surface area contributed by atoms with Crippen molar-refractivity contribution in [1.29, 1.82) is 0 Å². The molecule has 0 aliphatic carbocycles. The summed E-state index contributed by atoms with van der Waals surface area (Å²) in [5.41, 5.74) is 6.37. The van der Waals surface area contributed by atoms with E-state index >= 15 is 0 Å². The maximum absolute atomic E-state index is 12.3. The molecule has 3 heterocycles. The second-order valence-electron chi connectivity index (χ2n) is 5.78. The zero-order valence-electron chi connectivity index (χ0n) is 11.9. The summed E-state index contributed by atoms with van der Waals surface area (Å²) in [7, 11) is 2.16. The Morgan fingerprint density at radius 3 is 2.95 bits per heavy atom. The molecule has 110 valence electrons. The first-order chi connectivity index (χ1) is 9.52. The highest BCUT2D eigenvalue weighted by molar-refractivity contribution is 7.17. The zero-order valence-corrected chi connectivity index (χ0v) is 12.7. The molecule has 2 saturated heterocycles. The maximum atomic E-state index is 12.3. The van der Waals surface area contributed by atoms with Crippen LogP contribution >= 0.6 is 11.3 Å². The molecule has 2 fully saturated rings. The fourth-order valence-corrected chi connectivity index (χ4v) is 3.92. The number of nitrogens with zero attached hydrogens (tertiary/aromatic N) is 3. The van der Waals surface area contributed by atoms with E-state index in [1.165, 1.54) is 11.3 Å². The van der Waals surface area contributed by atoms with Crippen LogP contribution in [0.1, 0.15) is 21.8 Å². The van der Waals surface area contributed by atoms with Crippen LogP contribution in [0.5, 0.6) is 0 Å². The molecule has 2 atom stereocenters. The van der Waals surface area contributed by atoms with Crippen molar-refractivity contribution < 1.29 is 4.79 Å². The van der Waals surface area contributed by atoms with E-state index in [1.54, 1.807) is 0 Å². The first-order valence-corrected chi connectivity index (χ1v) is 7.81. The van der Waals surface area contributed by atoms with Crippen molar-refractivity contribution in [3.05, 3.63) is 10.6 Å². The summed E-state index contributed by atoms with van der Waals surface area (Å²) in [5.74, 6) is -0.0325. The van der Waals surface area contributed by atoms with E-state index in [4.69, 9.17) is 5.73 Å². The highest BCUT2D eigenvalue weighted by atomic mass is 32.1. The fraction of sp³-hybridized carbons (Fsp3) is 0.692. The normalized spacial score (nSPS) is 27.5. The van der Waals surface area contributed by atoms with Gasteiger partial charge in [-0.15, -0.1) is 0 Å². The van der Waals surface area contributed by atoms with Crippen LogP contribution in [0.25, 0.3) is 0 Å². The number of nitrogens with one attached hydrogen (secondary N) is 1. The fourth-order valence-electron chi connectivity index (χ4n) is 3.18. The predicted octanol–water partition coefficient (Wildman–Crippen LogP) is 0.152. The number of hydrogen-bond acceptors (Lipinski definition) is 6. The lowest BCUT2D eigenvalue weighted by Crippen LogP contribution is -2.48. The number of carbonyl (C=O) groups is 1. The van der Waals surface area contributed by atoms with Crippen LogP contribution in [0, 0.1) is 6.92 Å². The van der Waals surface area contributed by atoms with Crippen LogP contribution in [0.4, 0.5) is 5.13 Å². The number of aryl methyl sites for hydroxylation is 1.